The molecule has 0 saturated heterocycles. The summed E-state index contributed by atoms with van der Waals surface area (Å²) in [5.41, 5.74) is 0.122. The number of carbonyl (C=O) groups is 1. The topological polar surface area (TPSA) is 66.0 Å². The minimum absolute atomic E-state index is 0.122. The number of aromatic amines is 1. The molecular weight excluding hydrogens is 304 g/mol. The number of aromatic nitrogens is 2. The van der Waals surface area contributed by atoms with Crippen molar-refractivity contribution in [1.82, 2.24) is 9.97 Å². The number of H-pyrrole nitrogens is 1. The summed E-state index contributed by atoms with van der Waals surface area (Å²) in [4.78, 5) is 18.5. The van der Waals surface area contributed by atoms with Crippen LogP contribution in [-0.4, -0.2) is 21.0 Å². The highest BCUT2D eigenvalue weighted by Gasteiger charge is 2.07. The van der Waals surface area contributed by atoms with Crippen molar-refractivity contribution in [2.24, 2.45) is 0 Å². The van der Waals surface area contributed by atoms with Gasteiger partial charge in [-0.3, -0.25) is 0 Å². The Morgan fingerprint density at radius 2 is 2.12 bits per heavy atom. The van der Waals surface area contributed by atoms with E-state index in [2.05, 4.69) is 25.9 Å². The van der Waals surface area contributed by atoms with E-state index in [9.17, 15) is 4.79 Å². The van der Waals surface area contributed by atoms with Gasteiger partial charge in [0, 0.05) is 9.37 Å². The van der Waals surface area contributed by atoms with Gasteiger partial charge in [-0.2, -0.15) is 0 Å². The van der Waals surface area contributed by atoms with Gasteiger partial charge in [0.1, 0.15) is 11.5 Å². The van der Waals surface area contributed by atoms with Crippen LogP contribution in [0.5, 0.6) is 0 Å². The van der Waals surface area contributed by atoms with Crippen LogP contribution in [-0.2, 0) is 5.75 Å². The number of carboxylic acids is 1. The fourth-order valence-electron chi connectivity index (χ4n) is 1.23. The van der Waals surface area contributed by atoms with E-state index in [1.165, 1.54) is 6.20 Å². The van der Waals surface area contributed by atoms with Gasteiger partial charge in [0.15, 0.2) is 0 Å². The number of rotatable bonds is 4. The highest BCUT2D eigenvalue weighted by atomic mass is 79.9. The number of hydrogen-bond donors (Lipinski definition) is 2. The zero-order chi connectivity index (χ0) is 12.3. The highest BCUT2D eigenvalue weighted by Crippen LogP contribution is 2.23. The first-order valence-corrected chi connectivity index (χ1v) is 6.58. The third kappa shape index (κ3) is 3.34. The van der Waals surface area contributed by atoms with Crippen molar-refractivity contribution in [3.8, 4) is 0 Å². The molecule has 0 spiro atoms. The molecule has 0 aliphatic carbocycles. The molecular formula is C11H9BrN2O2S. The van der Waals surface area contributed by atoms with Gasteiger partial charge >= 0.3 is 5.97 Å². The predicted octanol–water partition coefficient (Wildman–Crippen LogP) is 3.16. The molecule has 0 unspecified atom stereocenters. The zero-order valence-electron chi connectivity index (χ0n) is 8.68. The van der Waals surface area contributed by atoms with Gasteiger partial charge in [-0.1, -0.05) is 15.9 Å². The second-order valence-electron chi connectivity index (χ2n) is 3.29. The van der Waals surface area contributed by atoms with Crippen LogP contribution in [0, 0.1) is 0 Å². The average Bonchev–Trinajstić information content (AvgIpc) is 2.77. The number of halogens is 1. The maximum Gasteiger partial charge on any atom is 0.353 e. The number of thioether (sulfide) groups is 1. The van der Waals surface area contributed by atoms with Gasteiger partial charge < -0.3 is 10.1 Å². The minimum atomic E-state index is -0.989. The van der Waals surface area contributed by atoms with E-state index in [4.69, 9.17) is 5.11 Å². The van der Waals surface area contributed by atoms with Crippen molar-refractivity contribution in [2.75, 3.05) is 0 Å². The molecule has 0 atom stereocenters. The molecule has 0 radical (unpaired) electrons. The maximum absolute atomic E-state index is 10.6. The number of nitrogens with one attached hydrogen (secondary N) is 1. The lowest BCUT2D eigenvalue weighted by atomic mass is 10.4. The Morgan fingerprint density at radius 3 is 2.71 bits per heavy atom. The molecule has 1 heterocycles. The lowest BCUT2D eigenvalue weighted by Crippen LogP contribution is -1.96. The van der Waals surface area contributed by atoms with Crippen LogP contribution in [0.25, 0.3) is 0 Å². The molecule has 4 nitrogen and oxygen atoms in total. The van der Waals surface area contributed by atoms with Crippen molar-refractivity contribution in [2.45, 2.75) is 10.6 Å². The van der Waals surface area contributed by atoms with E-state index in [-0.39, 0.29) is 5.69 Å². The normalized spacial score (nSPS) is 10.4. The molecule has 0 aliphatic rings. The molecule has 2 aromatic rings. The summed E-state index contributed by atoms with van der Waals surface area (Å²) < 4.78 is 1.04. The molecule has 0 bridgehead atoms. The van der Waals surface area contributed by atoms with Crippen LogP contribution in [0.1, 0.15) is 16.3 Å². The monoisotopic (exact) mass is 312 g/mol. The molecule has 88 valence electrons. The highest BCUT2D eigenvalue weighted by molar-refractivity contribution is 9.10. The number of nitrogens with zero attached hydrogens (tertiary/aromatic N) is 1. The molecule has 2 rings (SSSR count). The summed E-state index contributed by atoms with van der Waals surface area (Å²) in [6, 6.07) is 7.92. The van der Waals surface area contributed by atoms with E-state index in [0.29, 0.717) is 11.6 Å². The van der Waals surface area contributed by atoms with E-state index < -0.39 is 5.97 Å². The lowest BCUT2D eigenvalue weighted by molar-refractivity contribution is 0.0691. The van der Waals surface area contributed by atoms with Crippen LogP contribution >= 0.6 is 27.7 Å². The number of carboxylic acid groups (broad SMARTS) is 1. The lowest BCUT2D eigenvalue weighted by Gasteiger charge is -1.99. The molecule has 2 N–H and O–H groups in total. The quantitative estimate of drug-likeness (QED) is 0.851. The van der Waals surface area contributed by atoms with Crippen molar-refractivity contribution >= 4 is 33.7 Å². The smallest absolute Gasteiger partial charge is 0.353 e. The van der Waals surface area contributed by atoms with Crippen molar-refractivity contribution in [1.29, 1.82) is 0 Å². The molecule has 0 amide bonds. The Labute approximate surface area is 111 Å². The van der Waals surface area contributed by atoms with E-state index in [1.807, 2.05) is 24.3 Å². The van der Waals surface area contributed by atoms with Gasteiger partial charge in [0.25, 0.3) is 0 Å². The summed E-state index contributed by atoms with van der Waals surface area (Å²) in [6.07, 6.45) is 1.33. The number of aromatic carboxylic acids is 1. The maximum atomic E-state index is 10.6. The molecule has 0 fully saturated rings. The molecule has 1 aromatic heterocycles. The minimum Gasteiger partial charge on any atom is -0.477 e. The Hall–Kier alpha value is -1.27. The summed E-state index contributed by atoms with van der Waals surface area (Å²) >= 11 is 4.97. The average molecular weight is 313 g/mol. The van der Waals surface area contributed by atoms with E-state index >= 15 is 0 Å². The fourth-order valence-corrected chi connectivity index (χ4v) is 2.27. The van der Waals surface area contributed by atoms with Crippen LogP contribution in [0.3, 0.4) is 0 Å². The fraction of sp³-hybridized carbons (Fsp3) is 0.0909. The van der Waals surface area contributed by atoms with Gasteiger partial charge in [0.05, 0.1) is 11.9 Å². The van der Waals surface area contributed by atoms with Crippen LogP contribution in [0.15, 0.2) is 39.8 Å². The first kappa shape index (κ1) is 12.2. The van der Waals surface area contributed by atoms with Crippen LogP contribution in [0.4, 0.5) is 0 Å². The summed E-state index contributed by atoms with van der Waals surface area (Å²) in [5.74, 6) is 0.294. The second-order valence-corrected chi connectivity index (χ2v) is 5.26. The van der Waals surface area contributed by atoms with Gasteiger partial charge in [-0.25, -0.2) is 9.78 Å². The standard InChI is InChI=1S/C11H9BrN2O2S/c12-7-1-3-8(4-2-7)17-6-10-13-5-9(14-10)11(15)16/h1-5H,6H2,(H,13,14)(H,15,16). The van der Waals surface area contributed by atoms with Gasteiger partial charge in [-0.05, 0) is 24.3 Å². The molecule has 0 saturated carbocycles. The predicted molar refractivity (Wildman–Crippen MR) is 69.3 cm³/mol. The summed E-state index contributed by atoms with van der Waals surface area (Å²) in [6.45, 7) is 0. The van der Waals surface area contributed by atoms with Crippen LogP contribution in [0.2, 0.25) is 0 Å². The second kappa shape index (κ2) is 5.37. The van der Waals surface area contributed by atoms with Gasteiger partial charge in [0.2, 0.25) is 0 Å². The molecule has 6 heteroatoms. The third-order valence-electron chi connectivity index (χ3n) is 2.05. The van der Waals surface area contributed by atoms with Crippen molar-refractivity contribution in [3.05, 3.63) is 46.5 Å². The molecule has 1 aromatic carbocycles. The molecule has 17 heavy (non-hydrogen) atoms. The van der Waals surface area contributed by atoms with E-state index in [0.717, 1.165) is 9.37 Å². The zero-order valence-corrected chi connectivity index (χ0v) is 11.1. The van der Waals surface area contributed by atoms with Gasteiger partial charge in [-0.15, -0.1) is 11.8 Å². The van der Waals surface area contributed by atoms with E-state index in [1.54, 1.807) is 11.8 Å². The number of imidazole rings is 1. The first-order chi connectivity index (χ1) is 8.15. The largest absolute Gasteiger partial charge is 0.477 e. The Balaban J connectivity index is 1.97. The van der Waals surface area contributed by atoms with Crippen molar-refractivity contribution in [3.63, 3.8) is 0 Å². The number of hydrogen-bond acceptors (Lipinski definition) is 3. The van der Waals surface area contributed by atoms with Crippen LogP contribution < -0.4 is 0 Å². The summed E-state index contributed by atoms with van der Waals surface area (Å²) in [7, 11) is 0. The summed E-state index contributed by atoms with van der Waals surface area (Å²) in [5, 5.41) is 8.73. The number of benzene rings is 1. The van der Waals surface area contributed by atoms with Crippen molar-refractivity contribution < 1.29 is 9.90 Å². The SMILES string of the molecule is O=C(O)c1cnc(CSc2ccc(Br)cc2)[nH]1. The third-order valence-corrected chi connectivity index (χ3v) is 3.60. The Kier molecular flexibility index (Phi) is 3.86. The Morgan fingerprint density at radius 1 is 1.41 bits per heavy atom. The molecule has 0 aliphatic heterocycles. The Bertz CT molecular complexity index is 525. The first-order valence-electron chi connectivity index (χ1n) is 4.80.